The van der Waals surface area contributed by atoms with Gasteiger partial charge in [-0.3, -0.25) is 4.90 Å². The highest BCUT2D eigenvalue weighted by Gasteiger charge is 2.20. The minimum Gasteiger partial charge on any atom is -0.396 e. The molecular weight excluding hydrogens is 207 g/mol. The van der Waals surface area contributed by atoms with Crippen molar-refractivity contribution in [2.45, 2.75) is 19.0 Å². The molecule has 1 saturated heterocycles. The Balaban J connectivity index is 1.99. The maximum absolute atomic E-state index is 13.2. The summed E-state index contributed by atoms with van der Waals surface area (Å²) in [6.07, 6.45) is 1.05. The van der Waals surface area contributed by atoms with E-state index in [2.05, 4.69) is 4.90 Å². The molecule has 1 unspecified atom stereocenters. The highest BCUT2D eigenvalue weighted by molar-refractivity contribution is 5.41. The number of anilines is 1. The van der Waals surface area contributed by atoms with E-state index in [1.165, 1.54) is 6.07 Å². The minimum absolute atomic E-state index is 0.204. The fourth-order valence-electron chi connectivity index (χ4n) is 1.96. The van der Waals surface area contributed by atoms with Crippen LogP contribution >= 0.6 is 0 Å². The molecular formula is C12H17FN2O. The molecule has 2 rings (SSSR count). The monoisotopic (exact) mass is 224 g/mol. The van der Waals surface area contributed by atoms with Crippen LogP contribution in [0.2, 0.25) is 0 Å². The third-order valence-electron chi connectivity index (χ3n) is 3.03. The van der Waals surface area contributed by atoms with Crippen LogP contribution in [0.1, 0.15) is 12.0 Å². The van der Waals surface area contributed by atoms with Gasteiger partial charge in [-0.25, -0.2) is 4.39 Å². The molecule has 16 heavy (non-hydrogen) atoms. The molecule has 0 radical (unpaired) electrons. The van der Waals surface area contributed by atoms with Gasteiger partial charge in [0, 0.05) is 19.2 Å². The summed E-state index contributed by atoms with van der Waals surface area (Å²) < 4.78 is 18.6. The summed E-state index contributed by atoms with van der Waals surface area (Å²) in [4.78, 5) is 2.19. The Bertz CT molecular complexity index is 364. The molecule has 1 fully saturated rings. The predicted molar refractivity (Wildman–Crippen MR) is 61.5 cm³/mol. The van der Waals surface area contributed by atoms with Crippen molar-refractivity contribution in [2.24, 2.45) is 0 Å². The fourth-order valence-corrected chi connectivity index (χ4v) is 1.96. The third-order valence-corrected chi connectivity index (χ3v) is 3.03. The van der Waals surface area contributed by atoms with Crippen molar-refractivity contribution in [2.75, 3.05) is 26.0 Å². The number of likely N-dealkylation sites (N-methyl/N-ethyl adjacent to an activating group) is 1. The molecule has 1 aliphatic heterocycles. The molecule has 0 aliphatic carbocycles. The van der Waals surface area contributed by atoms with E-state index >= 15 is 0 Å². The Morgan fingerprint density at radius 1 is 1.56 bits per heavy atom. The lowest BCUT2D eigenvalue weighted by atomic mass is 10.1. The van der Waals surface area contributed by atoms with Crippen LogP contribution in [0.25, 0.3) is 0 Å². The molecule has 4 heteroatoms. The SMILES string of the molecule is CN(Cc1ccc(N)c(F)c1)C1CCOC1. The van der Waals surface area contributed by atoms with E-state index in [1.54, 1.807) is 6.07 Å². The first-order chi connectivity index (χ1) is 7.66. The number of hydrogen-bond acceptors (Lipinski definition) is 3. The van der Waals surface area contributed by atoms with Crippen LogP contribution in [0.15, 0.2) is 18.2 Å². The minimum atomic E-state index is -0.339. The fraction of sp³-hybridized carbons (Fsp3) is 0.500. The van der Waals surface area contributed by atoms with Crippen LogP contribution < -0.4 is 5.73 Å². The van der Waals surface area contributed by atoms with Crippen molar-refractivity contribution in [1.82, 2.24) is 4.90 Å². The Kier molecular flexibility index (Phi) is 3.41. The van der Waals surface area contributed by atoms with Crippen molar-refractivity contribution in [1.29, 1.82) is 0 Å². The van der Waals surface area contributed by atoms with Gasteiger partial charge >= 0.3 is 0 Å². The smallest absolute Gasteiger partial charge is 0.146 e. The van der Waals surface area contributed by atoms with Gasteiger partial charge in [0.15, 0.2) is 0 Å². The number of benzene rings is 1. The Hall–Kier alpha value is -1.13. The van der Waals surface area contributed by atoms with Crippen molar-refractivity contribution in [3.8, 4) is 0 Å². The highest BCUT2D eigenvalue weighted by atomic mass is 19.1. The molecule has 0 saturated carbocycles. The number of hydrogen-bond donors (Lipinski definition) is 1. The van der Waals surface area contributed by atoms with E-state index in [4.69, 9.17) is 10.5 Å². The van der Waals surface area contributed by atoms with E-state index in [0.29, 0.717) is 6.04 Å². The summed E-state index contributed by atoms with van der Waals surface area (Å²) in [5.41, 5.74) is 6.58. The van der Waals surface area contributed by atoms with E-state index < -0.39 is 0 Å². The number of nitrogen functional groups attached to an aromatic ring is 1. The van der Waals surface area contributed by atoms with E-state index in [0.717, 1.165) is 31.7 Å². The third kappa shape index (κ3) is 2.51. The van der Waals surface area contributed by atoms with Crippen molar-refractivity contribution in [3.05, 3.63) is 29.6 Å². The summed E-state index contributed by atoms with van der Waals surface area (Å²) in [5.74, 6) is -0.339. The first-order valence-corrected chi connectivity index (χ1v) is 5.48. The molecule has 88 valence electrons. The average Bonchev–Trinajstić information content (AvgIpc) is 2.77. The second kappa shape index (κ2) is 4.80. The number of nitrogens with zero attached hydrogens (tertiary/aromatic N) is 1. The van der Waals surface area contributed by atoms with Gasteiger partial charge < -0.3 is 10.5 Å². The van der Waals surface area contributed by atoms with Gasteiger partial charge in [0.25, 0.3) is 0 Å². The average molecular weight is 224 g/mol. The summed E-state index contributed by atoms with van der Waals surface area (Å²) in [6.45, 7) is 2.32. The van der Waals surface area contributed by atoms with Gasteiger partial charge in [0.2, 0.25) is 0 Å². The molecule has 1 aliphatic rings. The second-order valence-electron chi connectivity index (χ2n) is 4.29. The molecule has 1 atom stereocenters. The van der Waals surface area contributed by atoms with Gasteiger partial charge in [0.05, 0.1) is 12.3 Å². The highest BCUT2D eigenvalue weighted by Crippen LogP contribution is 2.16. The summed E-state index contributed by atoms with van der Waals surface area (Å²) >= 11 is 0. The van der Waals surface area contributed by atoms with Crippen LogP contribution in [0.5, 0.6) is 0 Å². The van der Waals surface area contributed by atoms with Crippen molar-refractivity contribution in [3.63, 3.8) is 0 Å². The summed E-state index contributed by atoms with van der Waals surface area (Å²) in [6, 6.07) is 5.43. The Morgan fingerprint density at radius 3 is 3.00 bits per heavy atom. The lowest BCUT2D eigenvalue weighted by Gasteiger charge is -2.22. The topological polar surface area (TPSA) is 38.5 Å². The Morgan fingerprint density at radius 2 is 2.38 bits per heavy atom. The quantitative estimate of drug-likeness (QED) is 0.793. The number of halogens is 1. The molecule has 0 bridgehead atoms. The van der Waals surface area contributed by atoms with E-state index in [1.807, 2.05) is 13.1 Å². The van der Waals surface area contributed by atoms with Crippen LogP contribution in [0.4, 0.5) is 10.1 Å². The number of nitrogens with two attached hydrogens (primary N) is 1. The lowest BCUT2D eigenvalue weighted by Crippen LogP contribution is -2.31. The van der Waals surface area contributed by atoms with E-state index in [-0.39, 0.29) is 11.5 Å². The largest absolute Gasteiger partial charge is 0.396 e. The van der Waals surface area contributed by atoms with Gasteiger partial charge in [-0.15, -0.1) is 0 Å². The molecule has 3 nitrogen and oxygen atoms in total. The zero-order chi connectivity index (χ0) is 11.5. The maximum atomic E-state index is 13.2. The van der Waals surface area contributed by atoms with Gasteiger partial charge in [-0.2, -0.15) is 0 Å². The summed E-state index contributed by atoms with van der Waals surface area (Å²) in [7, 11) is 2.04. The molecule has 0 spiro atoms. The number of ether oxygens (including phenoxy) is 1. The molecule has 2 N–H and O–H groups in total. The van der Waals surface area contributed by atoms with Crippen molar-refractivity contribution >= 4 is 5.69 Å². The lowest BCUT2D eigenvalue weighted by molar-refractivity contribution is 0.156. The maximum Gasteiger partial charge on any atom is 0.146 e. The molecule has 1 aromatic rings. The molecule has 0 amide bonds. The van der Waals surface area contributed by atoms with Crippen molar-refractivity contribution < 1.29 is 9.13 Å². The predicted octanol–water partition coefficient (Wildman–Crippen LogP) is 1.63. The first kappa shape index (κ1) is 11.4. The zero-order valence-corrected chi connectivity index (χ0v) is 9.45. The number of rotatable bonds is 3. The standard InChI is InChI=1S/C12H17FN2O/c1-15(10-4-5-16-8-10)7-9-2-3-12(14)11(13)6-9/h2-3,6,10H,4-5,7-8,14H2,1H3. The molecule has 1 aromatic carbocycles. The second-order valence-corrected chi connectivity index (χ2v) is 4.29. The zero-order valence-electron chi connectivity index (χ0n) is 9.45. The van der Waals surface area contributed by atoms with E-state index in [9.17, 15) is 4.39 Å². The van der Waals surface area contributed by atoms with Crippen LogP contribution in [-0.2, 0) is 11.3 Å². The van der Waals surface area contributed by atoms with Gasteiger partial charge in [-0.1, -0.05) is 6.07 Å². The Labute approximate surface area is 95.0 Å². The van der Waals surface area contributed by atoms with Gasteiger partial charge in [0.1, 0.15) is 5.82 Å². The molecule has 1 heterocycles. The van der Waals surface area contributed by atoms with Crippen LogP contribution in [0.3, 0.4) is 0 Å². The first-order valence-electron chi connectivity index (χ1n) is 5.48. The summed E-state index contributed by atoms with van der Waals surface area (Å²) in [5, 5.41) is 0. The van der Waals surface area contributed by atoms with Gasteiger partial charge in [-0.05, 0) is 31.2 Å². The molecule has 0 aromatic heterocycles. The van der Waals surface area contributed by atoms with Crippen LogP contribution in [0, 0.1) is 5.82 Å². The normalized spacial score (nSPS) is 20.6. The van der Waals surface area contributed by atoms with Crippen LogP contribution in [-0.4, -0.2) is 31.2 Å².